The monoisotopic (exact) mass is 555 g/mol. The lowest BCUT2D eigenvalue weighted by Gasteiger charge is -2.41. The van der Waals surface area contributed by atoms with Gasteiger partial charge in [-0.25, -0.2) is 27.2 Å². The molecule has 0 aliphatic heterocycles. The average Bonchev–Trinajstić information content (AvgIpc) is 2.81. The van der Waals surface area contributed by atoms with E-state index in [9.17, 15) is 17.2 Å². The number of nitrogens with zero attached hydrogens (tertiary/aromatic N) is 3. The number of hydrogen-bond acceptors (Lipinski definition) is 6. The van der Waals surface area contributed by atoms with Crippen LogP contribution in [0.5, 0.6) is 0 Å². The van der Waals surface area contributed by atoms with Crippen molar-refractivity contribution in [3.63, 3.8) is 0 Å². The Morgan fingerprint density at radius 2 is 1.86 bits per heavy atom. The summed E-state index contributed by atoms with van der Waals surface area (Å²) in [5.74, 6) is -1.21. The molecule has 0 saturated heterocycles. The predicted octanol–water partition coefficient (Wildman–Crippen LogP) is 5.54. The Kier molecular flexibility index (Phi) is 7.99. The summed E-state index contributed by atoms with van der Waals surface area (Å²) in [4.78, 5) is 8.98. The van der Waals surface area contributed by atoms with Crippen LogP contribution in [0, 0.1) is 11.6 Å². The second-order valence-corrected chi connectivity index (χ2v) is 11.5. The zero-order valence-electron chi connectivity index (χ0n) is 19.6. The molecule has 36 heavy (non-hydrogen) atoms. The molecule has 12 heteroatoms. The van der Waals surface area contributed by atoms with Crippen molar-refractivity contribution < 1.29 is 17.2 Å². The number of rotatable bonds is 7. The van der Waals surface area contributed by atoms with Crippen LogP contribution in [0.1, 0.15) is 30.7 Å². The average molecular weight is 556 g/mol. The minimum Gasteiger partial charge on any atom is -0.379 e. The molecule has 1 saturated carbocycles. The van der Waals surface area contributed by atoms with Gasteiger partial charge >= 0.3 is 0 Å². The van der Waals surface area contributed by atoms with Gasteiger partial charge in [-0.15, -0.1) is 0 Å². The Balaban J connectivity index is 1.53. The van der Waals surface area contributed by atoms with Gasteiger partial charge in [0.15, 0.2) is 0 Å². The van der Waals surface area contributed by atoms with Gasteiger partial charge in [0.2, 0.25) is 0 Å². The maximum atomic E-state index is 15.0. The van der Waals surface area contributed by atoms with Crippen molar-refractivity contribution in [2.45, 2.75) is 42.2 Å². The number of halogens is 4. The fourth-order valence-electron chi connectivity index (χ4n) is 4.59. The largest absolute Gasteiger partial charge is 0.379 e. The number of benzene rings is 2. The minimum absolute atomic E-state index is 0.00731. The molecule has 1 aromatic heterocycles. The summed E-state index contributed by atoms with van der Waals surface area (Å²) >= 11 is 12.5. The molecule has 1 heterocycles. The van der Waals surface area contributed by atoms with Gasteiger partial charge in [-0.3, -0.25) is 4.72 Å². The molecule has 1 fully saturated rings. The molecule has 0 unspecified atom stereocenters. The summed E-state index contributed by atoms with van der Waals surface area (Å²) in [6, 6.07) is 8.02. The Hall–Kier alpha value is -2.53. The van der Waals surface area contributed by atoms with Crippen LogP contribution in [0.3, 0.4) is 0 Å². The molecule has 2 aromatic carbocycles. The number of aromatic nitrogens is 2. The van der Waals surface area contributed by atoms with Crippen molar-refractivity contribution in [3.05, 3.63) is 76.2 Å². The topological polar surface area (TPSA) is 87.2 Å². The van der Waals surface area contributed by atoms with Crippen LogP contribution < -0.4 is 10.0 Å². The molecule has 0 radical (unpaired) electrons. The van der Waals surface area contributed by atoms with Gasteiger partial charge in [-0.2, -0.15) is 0 Å². The summed E-state index contributed by atoms with van der Waals surface area (Å²) < 4.78 is 56.5. The van der Waals surface area contributed by atoms with Gasteiger partial charge in [-0.05, 0) is 81.2 Å². The molecule has 1 aliphatic rings. The Labute approximate surface area is 218 Å². The van der Waals surface area contributed by atoms with Gasteiger partial charge in [0.1, 0.15) is 28.7 Å². The van der Waals surface area contributed by atoms with Crippen LogP contribution in [-0.4, -0.2) is 49.5 Å². The quantitative estimate of drug-likeness (QED) is 0.398. The third kappa shape index (κ3) is 6.05. The number of hydrogen-bond donors (Lipinski definition) is 2. The van der Waals surface area contributed by atoms with Crippen molar-refractivity contribution in [2.24, 2.45) is 0 Å². The highest BCUT2D eigenvalue weighted by molar-refractivity contribution is 7.92. The van der Waals surface area contributed by atoms with E-state index in [0.717, 1.165) is 30.5 Å². The number of nitrogens with one attached hydrogen (secondary N) is 2. The van der Waals surface area contributed by atoms with E-state index in [1.54, 1.807) is 6.07 Å². The summed E-state index contributed by atoms with van der Waals surface area (Å²) in [5, 5.41) is 3.72. The molecule has 0 amide bonds. The van der Waals surface area contributed by atoms with Crippen molar-refractivity contribution >= 4 is 44.7 Å². The number of anilines is 2. The predicted molar refractivity (Wildman–Crippen MR) is 137 cm³/mol. The van der Waals surface area contributed by atoms with Crippen LogP contribution in [0.2, 0.25) is 10.0 Å². The molecular weight excluding hydrogens is 531 g/mol. The lowest BCUT2D eigenvalue weighted by molar-refractivity contribution is 0.196. The molecule has 192 valence electrons. The number of sulfonamides is 1. The molecule has 0 spiro atoms. The summed E-state index contributed by atoms with van der Waals surface area (Å²) in [6.07, 6.45) is 4.72. The Bertz CT molecular complexity index is 1330. The van der Waals surface area contributed by atoms with E-state index in [4.69, 9.17) is 23.2 Å². The van der Waals surface area contributed by atoms with E-state index in [0.29, 0.717) is 17.1 Å². The lowest BCUT2D eigenvalue weighted by Crippen LogP contribution is -2.47. The van der Waals surface area contributed by atoms with Gasteiger partial charge in [-0.1, -0.05) is 23.2 Å². The first-order valence-electron chi connectivity index (χ1n) is 11.2. The van der Waals surface area contributed by atoms with Crippen LogP contribution >= 0.6 is 23.2 Å². The fraction of sp³-hybridized carbons (Fsp3) is 0.333. The highest BCUT2D eigenvalue weighted by Crippen LogP contribution is 2.38. The highest BCUT2D eigenvalue weighted by atomic mass is 35.5. The van der Waals surface area contributed by atoms with E-state index in [2.05, 4.69) is 24.9 Å². The standard InChI is InChI=1S/C24H25Cl2F2N5O2S/c1-33(2)22-9-14(15-7-16(25)10-17(27)8-15)3-4-20(22)31-21-12-19(28)23(11-18(21)26)36(34,35)32-24-5-6-29-13-30-24/h5-8,10-14,20,22,31H,3-4,9H2,1-2H3,(H,29,30,32)/t14-,20-,22-/m0/s1. The van der Waals surface area contributed by atoms with Gasteiger partial charge in [0, 0.05) is 23.3 Å². The third-order valence-electron chi connectivity index (χ3n) is 6.31. The maximum absolute atomic E-state index is 15.0. The summed E-state index contributed by atoms with van der Waals surface area (Å²) in [6.45, 7) is 0. The highest BCUT2D eigenvalue weighted by Gasteiger charge is 2.33. The van der Waals surface area contributed by atoms with Crippen LogP contribution in [0.15, 0.2) is 53.8 Å². The van der Waals surface area contributed by atoms with Gasteiger partial charge < -0.3 is 10.2 Å². The normalized spacial score (nSPS) is 20.4. The molecule has 4 rings (SSSR count). The zero-order valence-corrected chi connectivity index (χ0v) is 21.9. The first-order valence-corrected chi connectivity index (χ1v) is 13.4. The molecular formula is C24H25Cl2F2N5O2S. The molecule has 1 aliphatic carbocycles. The second-order valence-electron chi connectivity index (χ2n) is 8.96. The molecule has 2 N–H and O–H groups in total. The lowest BCUT2D eigenvalue weighted by atomic mass is 9.78. The number of likely N-dealkylation sites (N-methyl/N-ethyl adjacent to an activating group) is 1. The van der Waals surface area contributed by atoms with E-state index in [-0.39, 0.29) is 34.7 Å². The third-order valence-corrected chi connectivity index (χ3v) is 8.21. The van der Waals surface area contributed by atoms with E-state index in [1.165, 1.54) is 30.7 Å². The van der Waals surface area contributed by atoms with E-state index in [1.807, 2.05) is 14.1 Å². The SMILES string of the molecule is CN(C)[C@H]1C[C@@H](c2cc(F)cc(Cl)c2)CC[C@@H]1Nc1cc(F)c(S(=O)(=O)Nc2ccncn2)cc1Cl. The van der Waals surface area contributed by atoms with Crippen molar-refractivity contribution in [1.29, 1.82) is 0 Å². The first-order chi connectivity index (χ1) is 17.0. The zero-order chi connectivity index (χ0) is 26.0. The fourth-order valence-corrected chi connectivity index (χ4v) is 6.20. The van der Waals surface area contributed by atoms with Crippen molar-refractivity contribution in [1.82, 2.24) is 14.9 Å². The smallest absolute Gasteiger partial charge is 0.266 e. The van der Waals surface area contributed by atoms with E-state index >= 15 is 0 Å². The molecule has 0 bridgehead atoms. The van der Waals surface area contributed by atoms with Gasteiger partial charge in [0.25, 0.3) is 10.0 Å². The van der Waals surface area contributed by atoms with Crippen LogP contribution in [0.4, 0.5) is 20.3 Å². The van der Waals surface area contributed by atoms with Crippen molar-refractivity contribution in [3.8, 4) is 0 Å². The molecule has 3 atom stereocenters. The van der Waals surface area contributed by atoms with Crippen LogP contribution in [-0.2, 0) is 10.0 Å². The Morgan fingerprint density at radius 3 is 2.53 bits per heavy atom. The second kappa shape index (κ2) is 10.8. The molecule has 7 nitrogen and oxygen atoms in total. The maximum Gasteiger partial charge on any atom is 0.266 e. The van der Waals surface area contributed by atoms with Crippen LogP contribution in [0.25, 0.3) is 0 Å². The van der Waals surface area contributed by atoms with Crippen molar-refractivity contribution in [2.75, 3.05) is 24.1 Å². The first kappa shape index (κ1) is 26.5. The minimum atomic E-state index is -4.26. The Morgan fingerprint density at radius 1 is 1.08 bits per heavy atom. The van der Waals surface area contributed by atoms with E-state index < -0.39 is 20.7 Å². The molecule has 3 aromatic rings. The summed E-state index contributed by atoms with van der Waals surface area (Å²) in [5.41, 5.74) is 1.14. The summed E-state index contributed by atoms with van der Waals surface area (Å²) in [7, 11) is -0.380. The van der Waals surface area contributed by atoms with Gasteiger partial charge in [0.05, 0.1) is 10.7 Å².